The Hall–Kier alpha value is -2.43. The number of carbonyl (C=O) groups excluding carboxylic acids is 1. The molecule has 1 saturated heterocycles. The smallest absolute Gasteiger partial charge is 0.220 e. The minimum Gasteiger partial charge on any atom is -0.369 e. The highest BCUT2D eigenvalue weighted by molar-refractivity contribution is 14.0. The minimum absolute atomic E-state index is 0. The molecule has 1 aromatic heterocycles. The molecule has 7 nitrogen and oxygen atoms in total. The fraction of sp³-hybridized carbons (Fsp3) is 0.435. The van der Waals surface area contributed by atoms with E-state index in [0.29, 0.717) is 24.6 Å². The fourth-order valence-electron chi connectivity index (χ4n) is 3.72. The maximum absolute atomic E-state index is 13.5. The Labute approximate surface area is 206 Å². The first-order chi connectivity index (χ1) is 15.0. The first-order valence-corrected chi connectivity index (χ1v) is 10.7. The van der Waals surface area contributed by atoms with E-state index in [-0.39, 0.29) is 41.6 Å². The molecule has 3 rings (SSSR count). The summed E-state index contributed by atoms with van der Waals surface area (Å²) in [4.78, 5) is 22.9. The summed E-state index contributed by atoms with van der Waals surface area (Å²) in [5.74, 6) is 1.13. The average molecular weight is 554 g/mol. The summed E-state index contributed by atoms with van der Waals surface area (Å²) in [7, 11) is 0. The molecule has 0 aliphatic carbocycles. The molecule has 9 heteroatoms. The highest BCUT2D eigenvalue weighted by atomic mass is 127. The molecule has 0 atom stereocenters. The van der Waals surface area contributed by atoms with Gasteiger partial charge in [0, 0.05) is 43.9 Å². The Balaban J connectivity index is 0.00000363. The van der Waals surface area contributed by atoms with E-state index < -0.39 is 0 Å². The monoisotopic (exact) mass is 554 g/mol. The Morgan fingerprint density at radius 3 is 2.69 bits per heavy atom. The summed E-state index contributed by atoms with van der Waals surface area (Å²) in [6.07, 6.45) is 3.29. The lowest BCUT2D eigenvalue weighted by Crippen LogP contribution is -2.40. The molecule has 1 aromatic carbocycles. The predicted octanol–water partition coefficient (Wildman–Crippen LogP) is 3.10. The van der Waals surface area contributed by atoms with Crippen molar-refractivity contribution in [3.8, 4) is 0 Å². The van der Waals surface area contributed by atoms with E-state index in [2.05, 4.69) is 25.5 Å². The molecule has 1 amide bonds. The van der Waals surface area contributed by atoms with Gasteiger partial charge in [0.2, 0.25) is 5.91 Å². The fourth-order valence-corrected chi connectivity index (χ4v) is 3.72. The number of primary amides is 1. The largest absolute Gasteiger partial charge is 0.369 e. The molecule has 0 saturated carbocycles. The zero-order valence-electron chi connectivity index (χ0n) is 18.6. The van der Waals surface area contributed by atoms with Crippen molar-refractivity contribution >= 4 is 41.7 Å². The van der Waals surface area contributed by atoms with Crippen molar-refractivity contribution in [3.63, 3.8) is 0 Å². The van der Waals surface area contributed by atoms with Crippen LogP contribution in [0.5, 0.6) is 0 Å². The number of nitrogens with two attached hydrogens (primary N) is 1. The number of nitrogens with one attached hydrogen (secondary N) is 2. The van der Waals surface area contributed by atoms with Crippen LogP contribution in [0.2, 0.25) is 0 Å². The normalized spacial score (nSPS) is 14.6. The lowest BCUT2D eigenvalue weighted by molar-refractivity contribution is -0.122. The number of aryl methyl sites for hydroxylation is 1. The third-order valence-electron chi connectivity index (χ3n) is 5.50. The number of guanidine groups is 1. The van der Waals surface area contributed by atoms with Gasteiger partial charge < -0.3 is 21.3 Å². The molecule has 1 fully saturated rings. The summed E-state index contributed by atoms with van der Waals surface area (Å²) in [6.45, 7) is 7.03. The van der Waals surface area contributed by atoms with E-state index in [1.807, 2.05) is 25.1 Å². The number of aromatic nitrogens is 1. The maximum Gasteiger partial charge on any atom is 0.220 e. The molecule has 174 valence electrons. The molecule has 0 spiro atoms. The number of hydrogen-bond donors (Lipinski definition) is 3. The molecule has 2 heterocycles. The Morgan fingerprint density at radius 1 is 1.28 bits per heavy atom. The van der Waals surface area contributed by atoms with Gasteiger partial charge in [-0.1, -0.05) is 18.2 Å². The molecule has 4 N–H and O–H groups in total. The van der Waals surface area contributed by atoms with Crippen LogP contribution in [0.1, 0.15) is 36.5 Å². The Kier molecular flexibility index (Phi) is 10.1. The van der Waals surface area contributed by atoms with E-state index in [4.69, 9.17) is 5.73 Å². The van der Waals surface area contributed by atoms with Crippen molar-refractivity contribution in [3.05, 3.63) is 59.0 Å². The van der Waals surface area contributed by atoms with Gasteiger partial charge in [-0.15, -0.1) is 24.0 Å². The van der Waals surface area contributed by atoms with Crippen molar-refractivity contribution in [2.75, 3.05) is 24.5 Å². The second-order valence-corrected chi connectivity index (χ2v) is 7.78. The van der Waals surface area contributed by atoms with Crippen LogP contribution >= 0.6 is 24.0 Å². The Morgan fingerprint density at radius 2 is 2.03 bits per heavy atom. The zero-order valence-corrected chi connectivity index (χ0v) is 20.9. The lowest BCUT2D eigenvalue weighted by Gasteiger charge is -2.32. The second kappa shape index (κ2) is 12.6. The molecule has 32 heavy (non-hydrogen) atoms. The number of benzene rings is 1. The molecular formula is C23H32FIN6O. The van der Waals surface area contributed by atoms with Crippen LogP contribution < -0.4 is 21.3 Å². The van der Waals surface area contributed by atoms with Gasteiger partial charge in [0.25, 0.3) is 0 Å². The molecule has 0 radical (unpaired) electrons. The third-order valence-corrected chi connectivity index (χ3v) is 5.50. The predicted molar refractivity (Wildman–Crippen MR) is 137 cm³/mol. The van der Waals surface area contributed by atoms with E-state index >= 15 is 0 Å². The quantitative estimate of drug-likeness (QED) is 0.278. The van der Waals surface area contributed by atoms with Gasteiger partial charge in [0.1, 0.15) is 11.6 Å². The molecular weight excluding hydrogens is 522 g/mol. The number of nitrogens with zero attached hydrogens (tertiary/aromatic N) is 3. The highest BCUT2D eigenvalue weighted by Crippen LogP contribution is 2.24. The zero-order chi connectivity index (χ0) is 22.2. The summed E-state index contributed by atoms with van der Waals surface area (Å²) >= 11 is 0. The van der Waals surface area contributed by atoms with Crippen molar-refractivity contribution in [2.45, 2.75) is 39.8 Å². The van der Waals surface area contributed by atoms with Crippen molar-refractivity contribution in [2.24, 2.45) is 16.6 Å². The van der Waals surface area contributed by atoms with E-state index in [1.165, 1.54) is 6.07 Å². The number of carbonyl (C=O) groups is 1. The SMILES string of the molecule is CCNC(=NCc1ccc(F)c(C)c1)NCc1cccnc1N1CCC(C(N)=O)CC1.I. The van der Waals surface area contributed by atoms with Crippen LogP contribution in [0.3, 0.4) is 0 Å². The number of halogens is 2. The van der Waals surface area contributed by atoms with Gasteiger partial charge in [-0.3, -0.25) is 4.79 Å². The van der Waals surface area contributed by atoms with Crippen LogP contribution in [0.25, 0.3) is 0 Å². The van der Waals surface area contributed by atoms with Crippen LogP contribution in [0.4, 0.5) is 10.2 Å². The van der Waals surface area contributed by atoms with Gasteiger partial charge in [-0.05, 0) is 49.9 Å². The van der Waals surface area contributed by atoms with Gasteiger partial charge in [-0.25, -0.2) is 14.4 Å². The van der Waals surface area contributed by atoms with Crippen LogP contribution in [0.15, 0.2) is 41.5 Å². The summed E-state index contributed by atoms with van der Waals surface area (Å²) in [6, 6.07) is 9.01. The van der Waals surface area contributed by atoms with Crippen LogP contribution in [0, 0.1) is 18.7 Å². The summed E-state index contributed by atoms with van der Waals surface area (Å²) in [5.41, 5.74) is 8.08. The lowest BCUT2D eigenvalue weighted by atomic mass is 9.96. The van der Waals surface area contributed by atoms with Crippen LogP contribution in [-0.2, 0) is 17.9 Å². The van der Waals surface area contributed by atoms with E-state index in [9.17, 15) is 9.18 Å². The molecule has 2 aromatic rings. The number of pyridine rings is 1. The first kappa shape index (κ1) is 25.8. The number of rotatable bonds is 7. The van der Waals surface area contributed by atoms with Crippen molar-refractivity contribution < 1.29 is 9.18 Å². The summed E-state index contributed by atoms with van der Waals surface area (Å²) in [5, 5.41) is 6.61. The van der Waals surface area contributed by atoms with E-state index in [1.54, 1.807) is 19.2 Å². The summed E-state index contributed by atoms with van der Waals surface area (Å²) < 4.78 is 13.5. The molecule has 1 aliphatic rings. The third kappa shape index (κ3) is 7.04. The van der Waals surface area contributed by atoms with Gasteiger partial charge in [-0.2, -0.15) is 0 Å². The highest BCUT2D eigenvalue weighted by Gasteiger charge is 2.24. The minimum atomic E-state index is -0.217. The first-order valence-electron chi connectivity index (χ1n) is 10.7. The standard InChI is InChI=1S/C23H31FN6O.HI/c1-3-26-23(28-14-17-6-7-20(24)16(2)13-17)29-15-19-5-4-10-27-22(19)30-11-8-18(9-12-30)21(25)31;/h4-7,10,13,18H,3,8-9,11-12,14-15H2,1-2H3,(H2,25,31)(H2,26,28,29);1H. The molecule has 0 unspecified atom stereocenters. The maximum atomic E-state index is 13.5. The number of aliphatic imine (C=N–C) groups is 1. The number of amides is 1. The van der Waals surface area contributed by atoms with Crippen molar-refractivity contribution in [1.29, 1.82) is 0 Å². The second-order valence-electron chi connectivity index (χ2n) is 7.78. The number of piperidine rings is 1. The topological polar surface area (TPSA) is 95.6 Å². The van der Waals surface area contributed by atoms with E-state index in [0.717, 1.165) is 49.4 Å². The van der Waals surface area contributed by atoms with Crippen molar-refractivity contribution in [1.82, 2.24) is 15.6 Å². The van der Waals surface area contributed by atoms with Crippen LogP contribution in [-0.4, -0.2) is 36.5 Å². The van der Waals surface area contributed by atoms with Gasteiger partial charge in [0.15, 0.2) is 5.96 Å². The van der Waals surface area contributed by atoms with Gasteiger partial charge >= 0.3 is 0 Å². The van der Waals surface area contributed by atoms with Gasteiger partial charge in [0.05, 0.1) is 6.54 Å². The molecule has 1 aliphatic heterocycles. The number of hydrogen-bond acceptors (Lipinski definition) is 4. The number of anilines is 1. The average Bonchev–Trinajstić information content (AvgIpc) is 2.78. The molecule has 0 bridgehead atoms. The Bertz CT molecular complexity index is 930.